The van der Waals surface area contributed by atoms with Crippen molar-refractivity contribution in [1.82, 2.24) is 0 Å². The van der Waals surface area contributed by atoms with E-state index in [1.807, 2.05) is 0 Å². The molecule has 3 rings (SSSR count). The highest BCUT2D eigenvalue weighted by atomic mass is 14.6. The standard InChI is InChI=1S/C16H21N/c1-16(2)14-9-4-3-7-12(14)13-8-5-6-11(10-17)15(13)16/h4,6,9H,3,5,7-8,10,17H2,1-2H3. The highest BCUT2D eigenvalue weighted by Crippen LogP contribution is 2.54. The van der Waals surface area contributed by atoms with Crippen molar-refractivity contribution < 1.29 is 0 Å². The van der Waals surface area contributed by atoms with Crippen LogP contribution in [0.2, 0.25) is 0 Å². The van der Waals surface area contributed by atoms with Gasteiger partial charge in [0, 0.05) is 12.0 Å². The number of hydrogen-bond donors (Lipinski definition) is 1. The Morgan fingerprint density at radius 2 is 1.94 bits per heavy atom. The predicted molar refractivity (Wildman–Crippen MR) is 72.6 cm³/mol. The summed E-state index contributed by atoms with van der Waals surface area (Å²) in [4.78, 5) is 0. The Kier molecular flexibility index (Phi) is 2.41. The van der Waals surface area contributed by atoms with E-state index in [4.69, 9.17) is 5.73 Å². The second kappa shape index (κ2) is 3.71. The molecule has 90 valence electrons. The maximum Gasteiger partial charge on any atom is 0.0178 e. The highest BCUT2D eigenvalue weighted by molar-refractivity contribution is 5.64. The van der Waals surface area contributed by atoms with E-state index in [1.54, 1.807) is 22.3 Å². The molecule has 0 aliphatic heterocycles. The third-order valence-electron chi connectivity index (χ3n) is 4.46. The summed E-state index contributed by atoms with van der Waals surface area (Å²) in [5, 5.41) is 0. The zero-order valence-corrected chi connectivity index (χ0v) is 10.8. The van der Waals surface area contributed by atoms with Crippen molar-refractivity contribution >= 4 is 0 Å². The largest absolute Gasteiger partial charge is 0.326 e. The zero-order chi connectivity index (χ0) is 12.0. The predicted octanol–water partition coefficient (Wildman–Crippen LogP) is 3.65. The van der Waals surface area contributed by atoms with Crippen LogP contribution in [0.25, 0.3) is 0 Å². The van der Waals surface area contributed by atoms with Crippen molar-refractivity contribution in [1.29, 1.82) is 0 Å². The van der Waals surface area contributed by atoms with Crippen molar-refractivity contribution in [3.8, 4) is 0 Å². The second-order valence-corrected chi connectivity index (χ2v) is 5.78. The fourth-order valence-electron chi connectivity index (χ4n) is 3.78. The van der Waals surface area contributed by atoms with E-state index in [2.05, 4.69) is 32.1 Å². The average Bonchev–Trinajstić information content (AvgIpc) is 2.60. The summed E-state index contributed by atoms with van der Waals surface area (Å²) in [6.45, 7) is 5.40. The van der Waals surface area contributed by atoms with Gasteiger partial charge in [0.15, 0.2) is 0 Å². The van der Waals surface area contributed by atoms with E-state index in [-0.39, 0.29) is 5.41 Å². The van der Waals surface area contributed by atoms with Crippen LogP contribution in [0.5, 0.6) is 0 Å². The molecule has 0 saturated carbocycles. The van der Waals surface area contributed by atoms with Crippen LogP contribution in [0, 0.1) is 5.41 Å². The van der Waals surface area contributed by atoms with E-state index in [0.29, 0.717) is 6.54 Å². The van der Waals surface area contributed by atoms with Gasteiger partial charge < -0.3 is 5.73 Å². The van der Waals surface area contributed by atoms with Crippen LogP contribution in [-0.4, -0.2) is 6.54 Å². The smallest absolute Gasteiger partial charge is 0.0178 e. The third-order valence-corrected chi connectivity index (χ3v) is 4.46. The van der Waals surface area contributed by atoms with E-state index in [0.717, 1.165) is 0 Å². The molecule has 3 aliphatic carbocycles. The summed E-state index contributed by atoms with van der Waals surface area (Å²) in [5.74, 6) is 0. The fraction of sp³-hybridized carbons (Fsp3) is 0.500. The molecule has 0 aromatic carbocycles. The summed E-state index contributed by atoms with van der Waals surface area (Å²) < 4.78 is 0. The molecular formula is C16H21N. The summed E-state index contributed by atoms with van der Waals surface area (Å²) in [7, 11) is 0. The van der Waals surface area contributed by atoms with Crippen LogP contribution in [0.15, 0.2) is 46.1 Å². The molecule has 1 nitrogen and oxygen atoms in total. The number of rotatable bonds is 1. The van der Waals surface area contributed by atoms with Gasteiger partial charge in [-0.1, -0.05) is 32.1 Å². The Hall–Kier alpha value is -1.08. The lowest BCUT2D eigenvalue weighted by atomic mass is 9.75. The number of allylic oxidation sites excluding steroid dienone is 6. The minimum atomic E-state index is 0.174. The molecule has 0 fully saturated rings. The maximum atomic E-state index is 5.93. The van der Waals surface area contributed by atoms with Gasteiger partial charge in [-0.3, -0.25) is 0 Å². The van der Waals surface area contributed by atoms with Crippen molar-refractivity contribution in [2.75, 3.05) is 6.54 Å². The topological polar surface area (TPSA) is 26.0 Å². The summed E-state index contributed by atoms with van der Waals surface area (Å²) in [6, 6.07) is 0. The lowest BCUT2D eigenvalue weighted by molar-refractivity contribution is 0.558. The molecule has 0 aromatic rings. The molecule has 17 heavy (non-hydrogen) atoms. The van der Waals surface area contributed by atoms with Gasteiger partial charge >= 0.3 is 0 Å². The molecule has 0 heterocycles. The van der Waals surface area contributed by atoms with Gasteiger partial charge in [-0.2, -0.15) is 0 Å². The minimum Gasteiger partial charge on any atom is -0.326 e. The SMILES string of the molecule is CC1(C)C2=C(CCC=C2)C2=C1C(CN)=CCC2. The van der Waals surface area contributed by atoms with Gasteiger partial charge in [-0.15, -0.1) is 0 Å². The van der Waals surface area contributed by atoms with Crippen LogP contribution in [0.3, 0.4) is 0 Å². The van der Waals surface area contributed by atoms with E-state index in [1.165, 1.54) is 31.3 Å². The van der Waals surface area contributed by atoms with Gasteiger partial charge in [0.25, 0.3) is 0 Å². The van der Waals surface area contributed by atoms with Crippen molar-refractivity contribution in [2.24, 2.45) is 11.1 Å². The van der Waals surface area contributed by atoms with Crippen molar-refractivity contribution in [3.63, 3.8) is 0 Å². The average molecular weight is 227 g/mol. The number of hydrogen-bond acceptors (Lipinski definition) is 1. The van der Waals surface area contributed by atoms with E-state index < -0.39 is 0 Å². The maximum absolute atomic E-state index is 5.93. The lowest BCUT2D eigenvalue weighted by Gasteiger charge is -2.29. The Morgan fingerprint density at radius 1 is 1.18 bits per heavy atom. The molecule has 0 radical (unpaired) electrons. The highest BCUT2D eigenvalue weighted by Gasteiger charge is 2.40. The fourth-order valence-corrected chi connectivity index (χ4v) is 3.78. The Bertz CT molecular complexity index is 484. The van der Waals surface area contributed by atoms with Crippen LogP contribution in [0.4, 0.5) is 0 Å². The first-order chi connectivity index (χ1) is 8.16. The monoisotopic (exact) mass is 227 g/mol. The second-order valence-electron chi connectivity index (χ2n) is 5.78. The Morgan fingerprint density at radius 3 is 2.71 bits per heavy atom. The molecule has 0 atom stereocenters. The molecule has 3 aliphatic rings. The van der Waals surface area contributed by atoms with Gasteiger partial charge in [-0.05, 0) is 53.5 Å². The first kappa shape index (κ1) is 11.0. The minimum absolute atomic E-state index is 0.174. The first-order valence-corrected chi connectivity index (χ1v) is 6.70. The molecule has 0 unspecified atom stereocenters. The van der Waals surface area contributed by atoms with E-state index >= 15 is 0 Å². The summed E-state index contributed by atoms with van der Waals surface area (Å²) in [6.07, 6.45) is 11.8. The quantitative estimate of drug-likeness (QED) is 0.727. The molecular weight excluding hydrogens is 206 g/mol. The van der Waals surface area contributed by atoms with Crippen LogP contribution < -0.4 is 5.73 Å². The van der Waals surface area contributed by atoms with Crippen molar-refractivity contribution in [3.05, 3.63) is 46.1 Å². The van der Waals surface area contributed by atoms with Crippen LogP contribution >= 0.6 is 0 Å². The molecule has 0 spiro atoms. The summed E-state index contributed by atoms with van der Waals surface area (Å²) in [5.41, 5.74) is 13.8. The summed E-state index contributed by atoms with van der Waals surface area (Å²) >= 11 is 0. The number of nitrogens with two attached hydrogens (primary N) is 1. The van der Waals surface area contributed by atoms with Crippen LogP contribution in [0.1, 0.15) is 39.5 Å². The normalized spacial score (nSPS) is 25.9. The van der Waals surface area contributed by atoms with Gasteiger partial charge in [-0.25, -0.2) is 0 Å². The molecule has 2 N–H and O–H groups in total. The Balaban J connectivity index is 2.17. The molecule has 0 bridgehead atoms. The molecule has 0 aromatic heterocycles. The van der Waals surface area contributed by atoms with Gasteiger partial charge in [0.1, 0.15) is 0 Å². The first-order valence-electron chi connectivity index (χ1n) is 6.70. The van der Waals surface area contributed by atoms with Gasteiger partial charge in [0.2, 0.25) is 0 Å². The lowest BCUT2D eigenvalue weighted by Crippen LogP contribution is -2.21. The van der Waals surface area contributed by atoms with Crippen molar-refractivity contribution in [2.45, 2.75) is 39.5 Å². The van der Waals surface area contributed by atoms with E-state index in [9.17, 15) is 0 Å². The molecule has 1 heteroatoms. The van der Waals surface area contributed by atoms with Crippen LogP contribution in [-0.2, 0) is 0 Å². The third kappa shape index (κ3) is 1.42. The number of fused-ring (bicyclic) bond motifs is 1. The van der Waals surface area contributed by atoms with Gasteiger partial charge in [0.05, 0.1) is 0 Å². The Labute approximate surface area is 104 Å². The molecule has 0 amide bonds. The molecule has 0 saturated heterocycles. The zero-order valence-electron chi connectivity index (χ0n) is 10.8.